The summed E-state index contributed by atoms with van der Waals surface area (Å²) >= 11 is 0. The van der Waals surface area contributed by atoms with Crippen LogP contribution < -0.4 is 0 Å². The van der Waals surface area contributed by atoms with E-state index in [1.54, 1.807) is 0 Å². The summed E-state index contributed by atoms with van der Waals surface area (Å²) in [6.45, 7) is 2.62. The van der Waals surface area contributed by atoms with E-state index in [1.807, 2.05) is 13.0 Å². The van der Waals surface area contributed by atoms with Crippen LogP contribution in [0.2, 0.25) is 0 Å². The number of hydrogen-bond donors (Lipinski definition) is 1. The van der Waals surface area contributed by atoms with Gasteiger partial charge in [0.15, 0.2) is 0 Å². The van der Waals surface area contributed by atoms with Crippen molar-refractivity contribution in [2.24, 2.45) is 0 Å². The summed E-state index contributed by atoms with van der Waals surface area (Å²) in [6.07, 6.45) is 2.84. The maximum absolute atomic E-state index is 7.12. The Morgan fingerprint density at radius 1 is 1.75 bits per heavy atom. The summed E-state index contributed by atoms with van der Waals surface area (Å²) in [5.41, 5.74) is 1.03. The first-order valence-corrected chi connectivity index (χ1v) is 2.71. The number of ether oxygens (including phenoxy) is 1. The Hall–Kier alpha value is -0.790. The van der Waals surface area contributed by atoms with Gasteiger partial charge in [-0.2, -0.15) is 0 Å². The molecule has 0 aromatic carbocycles. The van der Waals surface area contributed by atoms with Gasteiger partial charge in [-0.3, -0.25) is 5.41 Å². The molecule has 1 fully saturated rings. The first kappa shape index (κ1) is 5.35. The summed E-state index contributed by atoms with van der Waals surface area (Å²) in [4.78, 5) is 0. The lowest BCUT2D eigenvalue weighted by Crippen LogP contribution is -1.91. The largest absolute Gasteiger partial charge is 0.478 e. The molecule has 2 heteroatoms. The molecule has 0 bridgehead atoms. The van der Waals surface area contributed by atoms with E-state index in [-0.39, 0.29) is 0 Å². The summed E-state index contributed by atoms with van der Waals surface area (Å²) in [6, 6.07) is 0. The zero-order valence-corrected chi connectivity index (χ0v) is 4.90. The molecule has 1 N–H and O–H groups in total. The molecule has 1 aliphatic rings. The van der Waals surface area contributed by atoms with Crippen molar-refractivity contribution in [3.63, 3.8) is 0 Å². The van der Waals surface area contributed by atoms with Gasteiger partial charge in [-0.05, 0) is 6.92 Å². The molecule has 8 heavy (non-hydrogen) atoms. The third kappa shape index (κ3) is 0.735. The summed E-state index contributed by atoms with van der Waals surface area (Å²) in [5, 5.41) is 7.12. The molecule has 1 heterocycles. The summed E-state index contributed by atoms with van der Waals surface area (Å²) < 4.78 is 4.87. The normalized spacial score (nSPS) is 24.1. The molecular formula is C6H9NO. The molecule has 0 atom stereocenters. The quantitative estimate of drug-likeness (QED) is 0.502. The van der Waals surface area contributed by atoms with Gasteiger partial charge in [-0.25, -0.2) is 0 Å². The van der Waals surface area contributed by atoms with Crippen molar-refractivity contribution in [3.05, 3.63) is 11.6 Å². The van der Waals surface area contributed by atoms with Crippen molar-refractivity contribution in [3.8, 4) is 0 Å². The van der Waals surface area contributed by atoms with Gasteiger partial charge in [0.25, 0.3) is 0 Å². The fourth-order valence-corrected chi connectivity index (χ4v) is 0.745. The second-order valence-electron chi connectivity index (χ2n) is 1.74. The Morgan fingerprint density at radius 3 is 2.75 bits per heavy atom. The van der Waals surface area contributed by atoms with Gasteiger partial charge in [0.2, 0.25) is 5.90 Å². The molecule has 0 amide bonds. The van der Waals surface area contributed by atoms with Crippen LogP contribution in [0.5, 0.6) is 0 Å². The molecule has 1 saturated heterocycles. The van der Waals surface area contributed by atoms with Crippen molar-refractivity contribution < 1.29 is 4.74 Å². The number of hydrogen-bond acceptors (Lipinski definition) is 2. The molecule has 1 aliphatic heterocycles. The van der Waals surface area contributed by atoms with Crippen LogP contribution in [0, 0.1) is 5.41 Å². The predicted molar refractivity (Wildman–Crippen MR) is 32.1 cm³/mol. The molecule has 0 saturated carbocycles. The highest BCUT2D eigenvalue weighted by Gasteiger charge is 2.12. The monoisotopic (exact) mass is 111 g/mol. The second kappa shape index (κ2) is 1.99. The smallest absolute Gasteiger partial charge is 0.208 e. The Bertz CT molecular complexity index is 137. The van der Waals surface area contributed by atoms with E-state index >= 15 is 0 Å². The summed E-state index contributed by atoms with van der Waals surface area (Å²) in [7, 11) is 0. The van der Waals surface area contributed by atoms with Gasteiger partial charge in [-0.1, -0.05) is 6.08 Å². The zero-order chi connectivity index (χ0) is 5.98. The number of allylic oxidation sites excluding steroid dienone is 1. The predicted octanol–water partition coefficient (Wildman–Crippen LogP) is 1.33. The Kier molecular flexibility index (Phi) is 1.33. The van der Waals surface area contributed by atoms with Gasteiger partial charge in [-0.15, -0.1) is 0 Å². The van der Waals surface area contributed by atoms with E-state index < -0.39 is 0 Å². The lowest BCUT2D eigenvalue weighted by Gasteiger charge is -1.89. The maximum Gasteiger partial charge on any atom is 0.208 e. The van der Waals surface area contributed by atoms with Gasteiger partial charge in [0, 0.05) is 12.0 Å². The summed E-state index contributed by atoms with van der Waals surface area (Å²) in [5.74, 6) is 0.354. The first-order chi connectivity index (χ1) is 3.84. The minimum absolute atomic E-state index is 0.354. The molecule has 0 aromatic rings. The molecule has 1 rings (SSSR count). The lowest BCUT2D eigenvalue weighted by molar-refractivity contribution is 0.341. The van der Waals surface area contributed by atoms with Gasteiger partial charge in [0.05, 0.1) is 6.61 Å². The van der Waals surface area contributed by atoms with E-state index in [0.29, 0.717) is 12.5 Å². The van der Waals surface area contributed by atoms with E-state index in [9.17, 15) is 0 Å². The highest BCUT2D eigenvalue weighted by molar-refractivity contribution is 5.92. The Morgan fingerprint density at radius 2 is 2.50 bits per heavy atom. The van der Waals surface area contributed by atoms with Crippen LogP contribution in [0.1, 0.15) is 13.3 Å². The minimum atomic E-state index is 0.354. The highest BCUT2D eigenvalue weighted by atomic mass is 16.5. The van der Waals surface area contributed by atoms with Crippen LogP contribution in [-0.4, -0.2) is 12.5 Å². The Balaban J connectivity index is 2.69. The van der Waals surface area contributed by atoms with E-state index in [1.165, 1.54) is 0 Å². The highest BCUT2D eigenvalue weighted by Crippen LogP contribution is 2.11. The second-order valence-corrected chi connectivity index (χ2v) is 1.74. The molecule has 0 radical (unpaired) electrons. The third-order valence-electron chi connectivity index (χ3n) is 1.26. The maximum atomic E-state index is 7.12. The molecule has 0 unspecified atom stereocenters. The fraction of sp³-hybridized carbons (Fsp3) is 0.500. The van der Waals surface area contributed by atoms with Crippen molar-refractivity contribution >= 4 is 5.90 Å². The van der Waals surface area contributed by atoms with Crippen LogP contribution >= 0.6 is 0 Å². The average Bonchev–Trinajstić information content (AvgIpc) is 2.14. The van der Waals surface area contributed by atoms with Gasteiger partial charge in [0.1, 0.15) is 0 Å². The minimum Gasteiger partial charge on any atom is -0.478 e. The first-order valence-electron chi connectivity index (χ1n) is 2.71. The fourth-order valence-electron chi connectivity index (χ4n) is 0.745. The van der Waals surface area contributed by atoms with Gasteiger partial charge >= 0.3 is 0 Å². The van der Waals surface area contributed by atoms with Crippen LogP contribution in [-0.2, 0) is 4.74 Å². The molecular weight excluding hydrogens is 102 g/mol. The van der Waals surface area contributed by atoms with Crippen molar-refractivity contribution in [1.29, 1.82) is 5.41 Å². The standard InChI is InChI=1S/C6H9NO/c1-2-5-3-4-8-6(5)7/h2,7H,3-4H2,1H3. The van der Waals surface area contributed by atoms with E-state index in [2.05, 4.69) is 0 Å². The van der Waals surface area contributed by atoms with Gasteiger partial charge < -0.3 is 4.74 Å². The topological polar surface area (TPSA) is 33.1 Å². The van der Waals surface area contributed by atoms with Crippen molar-refractivity contribution in [2.75, 3.05) is 6.61 Å². The molecule has 44 valence electrons. The van der Waals surface area contributed by atoms with Crippen molar-refractivity contribution in [2.45, 2.75) is 13.3 Å². The lowest BCUT2D eigenvalue weighted by atomic mass is 10.2. The molecule has 0 aliphatic carbocycles. The number of nitrogens with one attached hydrogen (secondary N) is 1. The van der Waals surface area contributed by atoms with Crippen molar-refractivity contribution in [1.82, 2.24) is 0 Å². The van der Waals surface area contributed by atoms with Crippen LogP contribution in [0.15, 0.2) is 11.6 Å². The average molecular weight is 111 g/mol. The third-order valence-corrected chi connectivity index (χ3v) is 1.26. The number of rotatable bonds is 0. The molecule has 0 aromatic heterocycles. The van der Waals surface area contributed by atoms with Crippen LogP contribution in [0.4, 0.5) is 0 Å². The van der Waals surface area contributed by atoms with Crippen LogP contribution in [0.3, 0.4) is 0 Å². The molecule has 0 spiro atoms. The zero-order valence-electron chi connectivity index (χ0n) is 4.90. The SMILES string of the molecule is CC=C1CCOC1=N. The van der Waals surface area contributed by atoms with E-state index in [4.69, 9.17) is 10.1 Å². The van der Waals surface area contributed by atoms with E-state index in [0.717, 1.165) is 12.0 Å². The molecule has 2 nitrogen and oxygen atoms in total. The van der Waals surface area contributed by atoms with Crippen LogP contribution in [0.25, 0.3) is 0 Å². The Labute approximate surface area is 48.7 Å².